The minimum Gasteiger partial charge on any atom is -0.490 e. The van der Waals surface area contributed by atoms with Gasteiger partial charge in [-0.3, -0.25) is 0 Å². The average Bonchev–Trinajstić information content (AvgIpc) is 2.93. The van der Waals surface area contributed by atoms with Gasteiger partial charge in [-0.15, -0.1) is 6.58 Å². The van der Waals surface area contributed by atoms with E-state index in [1.54, 1.807) is 13.0 Å². The molecule has 206 valence electrons. The first-order chi connectivity index (χ1) is 18.7. The van der Waals surface area contributed by atoms with Gasteiger partial charge in [0.2, 0.25) is 5.82 Å². The van der Waals surface area contributed by atoms with Crippen LogP contribution in [0, 0.1) is 29.2 Å². The molecule has 1 atom stereocenters. The normalized spacial score (nSPS) is 17.9. The molecule has 0 aromatic heterocycles. The molecule has 1 N–H and O–H groups in total. The number of hydrogen-bond acceptors (Lipinski definition) is 4. The average molecular weight is 543 g/mol. The van der Waals surface area contributed by atoms with Crippen molar-refractivity contribution in [1.29, 1.82) is 0 Å². The number of esters is 1. The second-order valence-corrected chi connectivity index (χ2v) is 9.76. The molecule has 4 nitrogen and oxygen atoms in total. The molecule has 0 saturated heterocycles. The summed E-state index contributed by atoms with van der Waals surface area (Å²) in [7, 11) is 0. The molecule has 0 heterocycles. The van der Waals surface area contributed by atoms with Gasteiger partial charge in [0.15, 0.2) is 23.2 Å². The van der Waals surface area contributed by atoms with Crippen LogP contribution >= 0.6 is 0 Å². The second-order valence-electron chi connectivity index (χ2n) is 9.76. The fourth-order valence-corrected chi connectivity index (χ4v) is 4.93. The Labute approximate surface area is 224 Å². The van der Waals surface area contributed by atoms with E-state index < -0.39 is 40.9 Å². The van der Waals surface area contributed by atoms with Crippen molar-refractivity contribution in [3.8, 4) is 22.6 Å². The number of ether oxygens (including phenoxy) is 2. The molecule has 8 heteroatoms. The largest absolute Gasteiger partial charge is 0.490 e. The lowest BCUT2D eigenvalue weighted by molar-refractivity contribution is 0.0728. The summed E-state index contributed by atoms with van der Waals surface area (Å²) >= 11 is 0. The van der Waals surface area contributed by atoms with Gasteiger partial charge < -0.3 is 14.6 Å². The SMILES string of the molecule is C=CCCOc1ccc(-c2ccc(OC(=O)c3ccc(C4CCC(C(C)O)CC4)c(F)c3F)cc2)c(F)c1F. The van der Waals surface area contributed by atoms with E-state index in [2.05, 4.69) is 6.58 Å². The van der Waals surface area contributed by atoms with Gasteiger partial charge in [-0.2, -0.15) is 4.39 Å². The van der Waals surface area contributed by atoms with E-state index in [-0.39, 0.29) is 41.1 Å². The molecule has 0 aliphatic heterocycles. The summed E-state index contributed by atoms with van der Waals surface area (Å²) in [5.41, 5.74) is -0.0367. The molecule has 4 rings (SSSR count). The molecule has 1 fully saturated rings. The quantitative estimate of drug-likeness (QED) is 0.0988. The van der Waals surface area contributed by atoms with Crippen LogP contribution in [0.25, 0.3) is 11.1 Å². The van der Waals surface area contributed by atoms with Gasteiger partial charge in [-0.1, -0.05) is 24.3 Å². The van der Waals surface area contributed by atoms with Crippen molar-refractivity contribution in [2.45, 2.75) is 51.0 Å². The molecule has 3 aromatic rings. The van der Waals surface area contributed by atoms with Crippen LogP contribution < -0.4 is 9.47 Å². The zero-order valence-electron chi connectivity index (χ0n) is 21.6. The summed E-state index contributed by atoms with van der Waals surface area (Å²) in [4.78, 5) is 12.6. The zero-order chi connectivity index (χ0) is 28.1. The van der Waals surface area contributed by atoms with E-state index in [4.69, 9.17) is 9.47 Å². The summed E-state index contributed by atoms with van der Waals surface area (Å²) in [5.74, 6) is -5.88. The van der Waals surface area contributed by atoms with E-state index in [0.717, 1.165) is 0 Å². The molecule has 1 aliphatic rings. The van der Waals surface area contributed by atoms with Crippen molar-refractivity contribution in [2.75, 3.05) is 6.61 Å². The van der Waals surface area contributed by atoms with Crippen LogP contribution in [0.5, 0.6) is 11.5 Å². The van der Waals surface area contributed by atoms with Gasteiger partial charge in [0.25, 0.3) is 0 Å². The van der Waals surface area contributed by atoms with Crippen LogP contribution in [0.15, 0.2) is 61.2 Å². The Morgan fingerprint density at radius 1 is 0.949 bits per heavy atom. The third kappa shape index (κ3) is 6.33. The van der Waals surface area contributed by atoms with Crippen LogP contribution in [0.1, 0.15) is 60.9 Å². The Bertz CT molecular complexity index is 1330. The first kappa shape index (κ1) is 28.4. The Kier molecular flexibility index (Phi) is 9.07. The number of hydrogen-bond donors (Lipinski definition) is 1. The zero-order valence-corrected chi connectivity index (χ0v) is 21.6. The maximum absolute atomic E-state index is 14.9. The molecule has 0 radical (unpaired) electrons. The molecule has 0 spiro atoms. The maximum atomic E-state index is 14.9. The number of carbonyl (C=O) groups is 1. The van der Waals surface area contributed by atoms with Crippen molar-refractivity contribution in [2.24, 2.45) is 5.92 Å². The van der Waals surface area contributed by atoms with Gasteiger partial charge in [-0.25, -0.2) is 18.0 Å². The number of aliphatic hydroxyl groups is 1. The highest BCUT2D eigenvalue weighted by atomic mass is 19.2. The fourth-order valence-electron chi connectivity index (χ4n) is 4.93. The van der Waals surface area contributed by atoms with Gasteiger partial charge >= 0.3 is 5.97 Å². The first-order valence-electron chi connectivity index (χ1n) is 12.9. The molecular formula is C31H30F4O4. The van der Waals surface area contributed by atoms with E-state index in [0.29, 0.717) is 37.7 Å². The standard InChI is InChI=1S/C31H30F4O4/c1-3-4-17-38-26-16-15-24(28(33)30(26)35)21-9-11-22(12-10-21)39-31(37)25-14-13-23(27(32)29(25)34)20-7-5-19(6-8-20)18(2)36/h3,9-16,18-20,36H,1,4-8,17H2,2H3. The predicted molar refractivity (Wildman–Crippen MR) is 140 cm³/mol. The highest BCUT2D eigenvalue weighted by Crippen LogP contribution is 2.39. The van der Waals surface area contributed by atoms with Crippen molar-refractivity contribution >= 4 is 5.97 Å². The Morgan fingerprint density at radius 2 is 1.64 bits per heavy atom. The molecular weight excluding hydrogens is 512 g/mol. The summed E-state index contributed by atoms with van der Waals surface area (Å²) in [6.07, 6.45) is 4.32. The third-order valence-corrected chi connectivity index (χ3v) is 7.23. The number of rotatable bonds is 9. The number of carbonyl (C=O) groups excluding carboxylic acids is 1. The lowest BCUT2D eigenvalue weighted by atomic mass is 9.76. The van der Waals surface area contributed by atoms with Gasteiger partial charge in [0.1, 0.15) is 5.75 Å². The highest BCUT2D eigenvalue weighted by molar-refractivity contribution is 5.91. The third-order valence-electron chi connectivity index (χ3n) is 7.23. The van der Waals surface area contributed by atoms with Crippen LogP contribution in [0.2, 0.25) is 0 Å². The van der Waals surface area contributed by atoms with Crippen molar-refractivity contribution in [3.63, 3.8) is 0 Å². The molecule has 0 amide bonds. The van der Waals surface area contributed by atoms with E-state index in [1.807, 2.05) is 0 Å². The summed E-state index contributed by atoms with van der Waals surface area (Å²) < 4.78 is 69.3. The van der Waals surface area contributed by atoms with Gasteiger partial charge in [-0.05, 0) is 92.3 Å². The Morgan fingerprint density at radius 3 is 2.28 bits per heavy atom. The van der Waals surface area contributed by atoms with E-state index in [1.165, 1.54) is 48.5 Å². The second kappa shape index (κ2) is 12.5. The topological polar surface area (TPSA) is 55.8 Å². The maximum Gasteiger partial charge on any atom is 0.346 e. The minimum atomic E-state index is -1.28. The highest BCUT2D eigenvalue weighted by Gasteiger charge is 2.29. The Balaban J connectivity index is 1.44. The van der Waals surface area contributed by atoms with Crippen LogP contribution in [-0.4, -0.2) is 23.8 Å². The number of halogens is 4. The molecule has 1 aliphatic carbocycles. The molecule has 3 aromatic carbocycles. The minimum absolute atomic E-state index is 0.0207. The number of aliphatic hydroxyl groups excluding tert-OH is 1. The molecule has 1 unspecified atom stereocenters. The monoisotopic (exact) mass is 542 g/mol. The van der Waals surface area contributed by atoms with E-state index >= 15 is 0 Å². The summed E-state index contributed by atoms with van der Waals surface area (Å²) in [6.45, 7) is 5.44. The van der Waals surface area contributed by atoms with Gasteiger partial charge in [0, 0.05) is 5.56 Å². The lowest BCUT2D eigenvalue weighted by Gasteiger charge is -2.30. The predicted octanol–water partition coefficient (Wildman–Crippen LogP) is 7.74. The molecule has 0 bridgehead atoms. The fraction of sp³-hybridized carbons (Fsp3) is 0.323. The summed E-state index contributed by atoms with van der Waals surface area (Å²) in [6, 6.07) is 10.9. The first-order valence-corrected chi connectivity index (χ1v) is 12.9. The Hall–Kier alpha value is -3.65. The van der Waals surface area contributed by atoms with Crippen LogP contribution in [-0.2, 0) is 0 Å². The molecule has 1 saturated carbocycles. The van der Waals surface area contributed by atoms with E-state index in [9.17, 15) is 27.5 Å². The smallest absolute Gasteiger partial charge is 0.346 e. The van der Waals surface area contributed by atoms with Crippen LogP contribution in [0.3, 0.4) is 0 Å². The summed E-state index contributed by atoms with van der Waals surface area (Å²) in [5, 5.41) is 9.77. The lowest BCUT2D eigenvalue weighted by Crippen LogP contribution is -2.23. The van der Waals surface area contributed by atoms with Crippen molar-refractivity contribution in [3.05, 3.63) is 95.6 Å². The number of benzene rings is 3. The van der Waals surface area contributed by atoms with Crippen molar-refractivity contribution < 1.29 is 36.9 Å². The molecule has 39 heavy (non-hydrogen) atoms. The van der Waals surface area contributed by atoms with Crippen LogP contribution in [0.4, 0.5) is 17.6 Å². The van der Waals surface area contributed by atoms with Crippen molar-refractivity contribution in [1.82, 2.24) is 0 Å². The van der Waals surface area contributed by atoms with Gasteiger partial charge in [0.05, 0.1) is 18.3 Å².